The van der Waals surface area contributed by atoms with E-state index in [1.54, 1.807) is 0 Å². The molecule has 0 aliphatic heterocycles. The fourth-order valence-electron chi connectivity index (χ4n) is 0. The third-order valence-electron chi connectivity index (χ3n) is 0. The van der Waals surface area contributed by atoms with E-state index in [0.717, 1.165) is 0 Å². The molecule has 0 N–H and O–H groups in total. The van der Waals surface area contributed by atoms with Gasteiger partial charge in [-0.1, -0.05) is 0 Å². The molecule has 4 heteroatoms. The van der Waals surface area contributed by atoms with Gasteiger partial charge < -0.3 is 5.71 Å². The van der Waals surface area contributed by atoms with Gasteiger partial charge in [0.25, 0.3) is 0 Å². The Labute approximate surface area is 113 Å². The second-order valence-electron chi connectivity index (χ2n) is 0. The summed E-state index contributed by atoms with van der Waals surface area (Å²) in [4.78, 5) is 0. The second kappa shape index (κ2) is 16.1. The molecule has 0 aliphatic carbocycles. The Kier molecular flexibility index (Phi) is 104. The van der Waals surface area contributed by atoms with Gasteiger partial charge in [0.2, 0.25) is 0 Å². The van der Waals surface area contributed by atoms with Gasteiger partial charge >= 0.3 is 75.5 Å². The van der Waals surface area contributed by atoms with Crippen molar-refractivity contribution in [2.75, 3.05) is 0 Å². The maximum atomic E-state index is 0. The fraction of sp³-hybridized carbons (Fsp3) is 0. The molecule has 0 aromatic rings. The van der Waals surface area contributed by atoms with Crippen LogP contribution in [-0.4, -0.2) is 75.5 Å². The van der Waals surface area contributed by atoms with E-state index in [9.17, 15) is 0 Å². The van der Waals surface area contributed by atoms with Gasteiger partial charge in [0.15, 0.2) is 0 Å². The van der Waals surface area contributed by atoms with Gasteiger partial charge in [0.1, 0.15) is 0 Å². The zero-order valence-electron chi connectivity index (χ0n) is 6.23. The molecule has 0 atom stereocenters. The third-order valence-corrected chi connectivity index (χ3v) is 0. The number of halogens is 2. The summed E-state index contributed by atoms with van der Waals surface area (Å²) >= 11 is 0. The van der Waals surface area contributed by atoms with Gasteiger partial charge in [-0.3, -0.25) is 0 Å². The normalized spacial score (nSPS) is 0. The first kappa shape index (κ1) is 25.9. The van der Waals surface area contributed by atoms with Crippen LogP contribution >= 0.6 is 34.0 Å². The van der Waals surface area contributed by atoms with Crippen LogP contribution in [0.25, 0.3) is 0 Å². The Morgan fingerprint density at radius 3 is 0.750 bits per heavy atom. The SMILES string of the molecule is Br.Br.[Ca+2].[Ca+2].[H-].[H-].[H-].[H-]. The van der Waals surface area contributed by atoms with Crippen LogP contribution in [0.5, 0.6) is 0 Å². The van der Waals surface area contributed by atoms with Gasteiger partial charge in [0, 0.05) is 0 Å². The minimum Gasteiger partial charge on any atom is -1.00 e. The maximum Gasteiger partial charge on any atom is 2.00 e. The largest absolute Gasteiger partial charge is 2.00 e. The molecule has 0 saturated carbocycles. The van der Waals surface area contributed by atoms with Crippen LogP contribution < -0.4 is 0 Å². The van der Waals surface area contributed by atoms with Crippen LogP contribution in [0.15, 0.2) is 0 Å². The van der Waals surface area contributed by atoms with Crippen LogP contribution in [0.3, 0.4) is 0 Å². The zero-order valence-corrected chi connectivity index (χ0v) is 10.1. The van der Waals surface area contributed by atoms with E-state index in [-0.39, 0.29) is 115 Å². The third kappa shape index (κ3) is 9.08. The Hall–Kier alpha value is 3.48. The van der Waals surface area contributed by atoms with E-state index < -0.39 is 0 Å². The predicted molar refractivity (Wildman–Crippen MR) is 36.6 cm³/mol. The minimum absolute atomic E-state index is 0. The van der Waals surface area contributed by atoms with Crippen molar-refractivity contribution in [1.29, 1.82) is 0 Å². The van der Waals surface area contributed by atoms with Crippen LogP contribution in [-0.2, 0) is 0 Å². The Bertz CT molecular complexity index is 12.0. The molecular weight excluding hydrogens is 240 g/mol. The topological polar surface area (TPSA) is 0 Å². The van der Waals surface area contributed by atoms with Gasteiger partial charge in [-0.15, -0.1) is 34.0 Å². The first-order valence-electron chi connectivity index (χ1n) is 0. The van der Waals surface area contributed by atoms with Crippen molar-refractivity contribution in [1.82, 2.24) is 0 Å². The van der Waals surface area contributed by atoms with E-state index in [4.69, 9.17) is 0 Å². The van der Waals surface area contributed by atoms with Crippen molar-refractivity contribution in [3.05, 3.63) is 0 Å². The van der Waals surface area contributed by atoms with Gasteiger partial charge in [-0.05, 0) is 0 Å². The van der Waals surface area contributed by atoms with E-state index in [0.29, 0.717) is 0 Å². The number of hydrogen-bond acceptors (Lipinski definition) is 0. The van der Waals surface area contributed by atoms with E-state index in [2.05, 4.69) is 0 Å². The number of rotatable bonds is 0. The van der Waals surface area contributed by atoms with Gasteiger partial charge in [-0.2, -0.15) is 0 Å². The number of hydrogen-bond donors (Lipinski definition) is 0. The summed E-state index contributed by atoms with van der Waals surface area (Å²) in [5, 5.41) is 0. The van der Waals surface area contributed by atoms with Crippen molar-refractivity contribution in [2.45, 2.75) is 0 Å². The molecule has 0 saturated heterocycles. The van der Waals surface area contributed by atoms with Crippen molar-refractivity contribution < 1.29 is 5.71 Å². The molecule has 0 radical (unpaired) electrons. The van der Waals surface area contributed by atoms with Crippen LogP contribution in [0, 0.1) is 0 Å². The second-order valence-corrected chi connectivity index (χ2v) is 0. The summed E-state index contributed by atoms with van der Waals surface area (Å²) in [6.07, 6.45) is 0. The molecular formula is H6Br2Ca2. The molecule has 0 spiro atoms. The molecule has 0 aromatic carbocycles. The molecule has 0 rings (SSSR count). The Balaban J connectivity index is 0. The molecule has 0 nitrogen and oxygen atoms in total. The summed E-state index contributed by atoms with van der Waals surface area (Å²) < 4.78 is 0. The average molecular weight is 246 g/mol. The standard InChI is InChI=1S/2BrH.2Ca.4H/h2*1H;;;;;;/q;;2*+2;4*-1. The van der Waals surface area contributed by atoms with Crippen molar-refractivity contribution in [3.8, 4) is 0 Å². The van der Waals surface area contributed by atoms with Crippen molar-refractivity contribution in [2.24, 2.45) is 0 Å². The van der Waals surface area contributed by atoms with E-state index in [1.165, 1.54) is 0 Å². The summed E-state index contributed by atoms with van der Waals surface area (Å²) in [5.74, 6) is 0. The Morgan fingerprint density at radius 2 is 0.750 bits per heavy atom. The molecule has 0 bridgehead atoms. The summed E-state index contributed by atoms with van der Waals surface area (Å²) in [6, 6.07) is 0. The Morgan fingerprint density at radius 1 is 0.750 bits per heavy atom. The molecule has 4 heavy (non-hydrogen) atoms. The van der Waals surface area contributed by atoms with E-state index >= 15 is 0 Å². The molecule has 0 aliphatic rings. The molecule has 0 aromatic heterocycles. The average Bonchev–Trinajstić information content (AvgIpc) is 0. The molecule has 0 unspecified atom stereocenters. The fourth-order valence-corrected chi connectivity index (χ4v) is 0. The summed E-state index contributed by atoms with van der Waals surface area (Å²) in [7, 11) is 0. The first-order valence-corrected chi connectivity index (χ1v) is 0. The molecule has 0 heterocycles. The summed E-state index contributed by atoms with van der Waals surface area (Å²) in [6.45, 7) is 0. The smallest absolute Gasteiger partial charge is 1.00 e. The zero-order chi connectivity index (χ0) is 0. The van der Waals surface area contributed by atoms with Crippen LogP contribution in [0.4, 0.5) is 0 Å². The first-order chi connectivity index (χ1) is 0. The molecule has 0 amide bonds. The van der Waals surface area contributed by atoms with Crippen LogP contribution in [0.2, 0.25) is 0 Å². The predicted octanol–water partition coefficient (Wildman–Crippen LogP) is 0.844. The van der Waals surface area contributed by atoms with E-state index in [1.807, 2.05) is 0 Å². The minimum atomic E-state index is 0. The van der Waals surface area contributed by atoms with Gasteiger partial charge in [-0.25, -0.2) is 0 Å². The maximum absolute atomic E-state index is 0. The summed E-state index contributed by atoms with van der Waals surface area (Å²) in [5.41, 5.74) is 0. The van der Waals surface area contributed by atoms with Gasteiger partial charge in [0.05, 0.1) is 0 Å². The van der Waals surface area contributed by atoms with Crippen LogP contribution in [0.1, 0.15) is 5.71 Å². The van der Waals surface area contributed by atoms with Crippen molar-refractivity contribution in [3.63, 3.8) is 0 Å². The van der Waals surface area contributed by atoms with Crippen molar-refractivity contribution >= 4 is 109 Å². The monoisotopic (exact) mass is 244 g/mol. The quantitative estimate of drug-likeness (QED) is 0.556. The molecule has 24 valence electrons. The molecule has 0 fully saturated rings.